The Morgan fingerprint density at radius 3 is 3.00 bits per heavy atom. The summed E-state index contributed by atoms with van der Waals surface area (Å²) in [7, 11) is 0. The van der Waals surface area contributed by atoms with Crippen molar-refractivity contribution in [1.29, 1.82) is 0 Å². The average Bonchev–Trinajstić information content (AvgIpc) is 2.39. The zero-order valence-corrected chi connectivity index (χ0v) is 6.11. The van der Waals surface area contributed by atoms with Crippen LogP contribution in [-0.2, 0) is 0 Å². The third-order valence-corrected chi connectivity index (χ3v) is 1.33. The largest absolute Gasteiger partial charge is 0.356 e. The fraction of sp³-hybridized carbons (Fsp3) is 0.833. The molecule has 3 nitrogen and oxygen atoms in total. The maximum atomic E-state index is 11.6. The summed E-state index contributed by atoms with van der Waals surface area (Å²) >= 11 is 0. The summed E-state index contributed by atoms with van der Waals surface area (Å²) in [6.07, 6.45) is -2.36. The molecule has 0 bridgehead atoms. The summed E-state index contributed by atoms with van der Waals surface area (Å²) in [5.41, 5.74) is 0. The van der Waals surface area contributed by atoms with Crippen molar-refractivity contribution >= 4 is 5.96 Å². The molecule has 0 saturated heterocycles. The normalized spacial score (nSPS) is 16.5. The quantitative estimate of drug-likeness (QED) is 0.623. The molecule has 0 aromatic rings. The van der Waals surface area contributed by atoms with Crippen molar-refractivity contribution in [3.8, 4) is 0 Å². The van der Waals surface area contributed by atoms with Crippen molar-refractivity contribution in [1.82, 2.24) is 10.6 Å². The fourth-order valence-corrected chi connectivity index (χ4v) is 0.816. The van der Waals surface area contributed by atoms with Gasteiger partial charge in [-0.3, -0.25) is 4.99 Å². The third-order valence-electron chi connectivity index (χ3n) is 1.33. The van der Waals surface area contributed by atoms with Crippen LogP contribution >= 0.6 is 0 Å². The second-order valence-corrected chi connectivity index (χ2v) is 2.26. The molecule has 1 heterocycles. The number of nitrogens with zero attached hydrogens (tertiary/aromatic N) is 1. The van der Waals surface area contributed by atoms with Crippen molar-refractivity contribution in [2.24, 2.45) is 4.99 Å². The predicted octanol–water partition coefficient (Wildman–Crippen LogP) is 0.190. The highest BCUT2D eigenvalue weighted by molar-refractivity contribution is 5.81. The number of aliphatic imine (C=N–C) groups is 1. The van der Waals surface area contributed by atoms with Crippen LogP contribution in [0.2, 0.25) is 0 Å². The lowest BCUT2D eigenvalue weighted by molar-refractivity contribution is 0.139. The minimum Gasteiger partial charge on any atom is -0.356 e. The van der Waals surface area contributed by atoms with E-state index < -0.39 is 6.43 Å². The fourth-order valence-electron chi connectivity index (χ4n) is 0.816. The van der Waals surface area contributed by atoms with E-state index in [4.69, 9.17) is 0 Å². The molecule has 1 aliphatic rings. The summed E-state index contributed by atoms with van der Waals surface area (Å²) in [6, 6.07) is 0. The van der Waals surface area contributed by atoms with E-state index in [-0.39, 0.29) is 13.0 Å². The van der Waals surface area contributed by atoms with Crippen LogP contribution in [0.25, 0.3) is 0 Å². The molecule has 1 aliphatic heterocycles. The average molecular weight is 163 g/mol. The summed E-state index contributed by atoms with van der Waals surface area (Å²) < 4.78 is 23.2. The van der Waals surface area contributed by atoms with Crippen LogP contribution in [-0.4, -0.2) is 32.0 Å². The van der Waals surface area contributed by atoms with E-state index in [1.165, 1.54) is 0 Å². The SMILES string of the molecule is FC(F)CCNC1=NCCN1. The van der Waals surface area contributed by atoms with E-state index in [0.29, 0.717) is 5.96 Å². The molecule has 0 atom stereocenters. The van der Waals surface area contributed by atoms with Crippen LogP contribution in [0.15, 0.2) is 4.99 Å². The third kappa shape index (κ3) is 3.15. The maximum Gasteiger partial charge on any atom is 0.240 e. The maximum absolute atomic E-state index is 11.6. The zero-order chi connectivity index (χ0) is 8.10. The Morgan fingerprint density at radius 2 is 2.45 bits per heavy atom. The Morgan fingerprint density at radius 1 is 1.64 bits per heavy atom. The first-order valence-electron chi connectivity index (χ1n) is 3.59. The van der Waals surface area contributed by atoms with Gasteiger partial charge in [0.1, 0.15) is 0 Å². The van der Waals surface area contributed by atoms with Crippen molar-refractivity contribution in [3.05, 3.63) is 0 Å². The molecule has 0 saturated carbocycles. The van der Waals surface area contributed by atoms with Gasteiger partial charge in [-0.1, -0.05) is 0 Å². The van der Waals surface area contributed by atoms with Gasteiger partial charge in [-0.05, 0) is 0 Å². The molecule has 0 amide bonds. The van der Waals surface area contributed by atoms with E-state index in [9.17, 15) is 8.78 Å². The molecule has 0 spiro atoms. The lowest BCUT2D eigenvalue weighted by Crippen LogP contribution is -2.34. The number of hydrogen-bond acceptors (Lipinski definition) is 3. The van der Waals surface area contributed by atoms with E-state index in [2.05, 4.69) is 15.6 Å². The van der Waals surface area contributed by atoms with E-state index in [1.54, 1.807) is 0 Å². The standard InChI is InChI=1S/C6H11F2N3/c7-5(8)1-2-9-6-10-3-4-11-6/h5H,1-4H2,(H2,9,10,11). The number of guanidine groups is 1. The van der Waals surface area contributed by atoms with Gasteiger partial charge in [0, 0.05) is 19.5 Å². The van der Waals surface area contributed by atoms with Gasteiger partial charge in [-0.25, -0.2) is 8.78 Å². The molecule has 64 valence electrons. The van der Waals surface area contributed by atoms with Gasteiger partial charge in [0.2, 0.25) is 6.43 Å². The smallest absolute Gasteiger partial charge is 0.240 e. The van der Waals surface area contributed by atoms with Crippen molar-refractivity contribution in [2.45, 2.75) is 12.8 Å². The van der Waals surface area contributed by atoms with Crippen LogP contribution in [0.5, 0.6) is 0 Å². The second kappa shape index (κ2) is 4.10. The highest BCUT2D eigenvalue weighted by Gasteiger charge is 2.05. The molecule has 5 heteroatoms. The van der Waals surface area contributed by atoms with Crippen LogP contribution in [0.4, 0.5) is 8.78 Å². The topological polar surface area (TPSA) is 36.4 Å². The molecule has 0 aromatic carbocycles. The molecule has 1 rings (SSSR count). The molecule has 0 fully saturated rings. The lowest BCUT2D eigenvalue weighted by atomic mass is 10.4. The van der Waals surface area contributed by atoms with Crippen LogP contribution in [0.1, 0.15) is 6.42 Å². The molecule has 2 N–H and O–H groups in total. The van der Waals surface area contributed by atoms with Gasteiger partial charge in [-0.15, -0.1) is 0 Å². The minimum absolute atomic E-state index is 0.124. The zero-order valence-electron chi connectivity index (χ0n) is 6.11. The summed E-state index contributed by atoms with van der Waals surface area (Å²) in [5.74, 6) is 0.644. The Hall–Kier alpha value is -0.870. The van der Waals surface area contributed by atoms with E-state index >= 15 is 0 Å². The molecule has 11 heavy (non-hydrogen) atoms. The Bertz CT molecular complexity index is 147. The monoisotopic (exact) mass is 163 g/mol. The van der Waals surface area contributed by atoms with E-state index in [0.717, 1.165) is 13.1 Å². The van der Waals surface area contributed by atoms with Crippen molar-refractivity contribution < 1.29 is 8.78 Å². The Kier molecular flexibility index (Phi) is 3.07. The molecule has 0 unspecified atom stereocenters. The van der Waals surface area contributed by atoms with Crippen molar-refractivity contribution in [2.75, 3.05) is 19.6 Å². The lowest BCUT2D eigenvalue weighted by Gasteiger charge is -2.04. The predicted molar refractivity (Wildman–Crippen MR) is 38.9 cm³/mol. The van der Waals surface area contributed by atoms with Gasteiger partial charge in [-0.2, -0.15) is 0 Å². The number of halogens is 2. The summed E-state index contributed by atoms with van der Waals surface area (Å²) in [5, 5.41) is 5.70. The molecule has 0 aliphatic carbocycles. The molecular formula is C6H11F2N3. The minimum atomic E-state index is -2.23. The summed E-state index contributed by atoms with van der Waals surface area (Å²) in [4.78, 5) is 3.98. The van der Waals surface area contributed by atoms with Crippen LogP contribution in [0, 0.1) is 0 Å². The van der Waals surface area contributed by atoms with Gasteiger partial charge in [0.15, 0.2) is 5.96 Å². The molecule has 0 aromatic heterocycles. The van der Waals surface area contributed by atoms with Crippen LogP contribution < -0.4 is 10.6 Å². The highest BCUT2D eigenvalue weighted by Crippen LogP contribution is 1.96. The van der Waals surface area contributed by atoms with Crippen molar-refractivity contribution in [3.63, 3.8) is 0 Å². The Balaban J connectivity index is 2.03. The summed E-state index contributed by atoms with van der Waals surface area (Å²) in [6.45, 7) is 1.82. The molecule has 0 radical (unpaired) electrons. The first-order chi connectivity index (χ1) is 5.29. The number of alkyl halides is 2. The van der Waals surface area contributed by atoms with Gasteiger partial charge in [0.25, 0.3) is 0 Å². The number of hydrogen-bond donors (Lipinski definition) is 2. The first kappa shape index (κ1) is 8.23. The van der Waals surface area contributed by atoms with Gasteiger partial charge in [0.05, 0.1) is 6.54 Å². The van der Waals surface area contributed by atoms with Crippen LogP contribution in [0.3, 0.4) is 0 Å². The molecular weight excluding hydrogens is 152 g/mol. The van der Waals surface area contributed by atoms with Gasteiger partial charge < -0.3 is 10.6 Å². The number of rotatable bonds is 3. The highest BCUT2D eigenvalue weighted by atomic mass is 19.3. The van der Waals surface area contributed by atoms with E-state index in [1.807, 2.05) is 0 Å². The Labute approximate surface area is 63.9 Å². The second-order valence-electron chi connectivity index (χ2n) is 2.26. The first-order valence-corrected chi connectivity index (χ1v) is 3.59. The van der Waals surface area contributed by atoms with Gasteiger partial charge >= 0.3 is 0 Å². The number of nitrogens with one attached hydrogen (secondary N) is 2.